The van der Waals surface area contributed by atoms with Crippen LogP contribution in [0.1, 0.15) is 18.5 Å². The van der Waals surface area contributed by atoms with Crippen molar-refractivity contribution in [1.82, 2.24) is 9.97 Å². The van der Waals surface area contributed by atoms with Crippen LogP contribution in [0.3, 0.4) is 0 Å². The number of para-hydroxylation sites is 1. The van der Waals surface area contributed by atoms with Crippen LogP contribution in [0.25, 0.3) is 11.1 Å². The zero-order valence-electron chi connectivity index (χ0n) is 15.7. The van der Waals surface area contributed by atoms with Crippen molar-refractivity contribution >= 4 is 17.1 Å². The lowest BCUT2D eigenvalue weighted by Gasteiger charge is -2.32. The maximum atomic E-state index is 6.29. The highest BCUT2D eigenvalue weighted by atomic mass is 15.2. The highest BCUT2D eigenvalue weighted by Crippen LogP contribution is 2.39. The normalized spacial score (nSPS) is 11.8. The van der Waals surface area contributed by atoms with Gasteiger partial charge < -0.3 is 10.6 Å². The van der Waals surface area contributed by atoms with Gasteiger partial charge in [0.05, 0.1) is 29.8 Å². The Balaban J connectivity index is 1.85. The summed E-state index contributed by atoms with van der Waals surface area (Å²) in [5.74, 6) is 0. The summed E-state index contributed by atoms with van der Waals surface area (Å²) in [4.78, 5) is 10.9. The molecule has 28 heavy (non-hydrogen) atoms. The van der Waals surface area contributed by atoms with Crippen molar-refractivity contribution < 1.29 is 0 Å². The third kappa shape index (κ3) is 3.45. The molecule has 138 valence electrons. The van der Waals surface area contributed by atoms with E-state index in [9.17, 15) is 0 Å². The van der Waals surface area contributed by atoms with Gasteiger partial charge in [-0.25, -0.2) is 0 Å². The lowest BCUT2D eigenvalue weighted by Crippen LogP contribution is -2.22. The summed E-state index contributed by atoms with van der Waals surface area (Å²) in [6.45, 7) is 2.19. The first kappa shape index (κ1) is 17.7. The van der Waals surface area contributed by atoms with Crippen LogP contribution in [0.15, 0.2) is 97.6 Å². The molecule has 1 unspecified atom stereocenters. The van der Waals surface area contributed by atoms with Crippen molar-refractivity contribution in [3.8, 4) is 11.1 Å². The number of benzene rings is 2. The average molecular weight is 366 g/mol. The number of pyridine rings is 2. The Kier molecular flexibility index (Phi) is 5.02. The Labute approximate surface area is 165 Å². The minimum Gasteiger partial charge on any atom is -0.398 e. The fraction of sp³-hybridized carbons (Fsp3) is 0.0833. The van der Waals surface area contributed by atoms with Gasteiger partial charge >= 0.3 is 0 Å². The van der Waals surface area contributed by atoms with Gasteiger partial charge in [-0.3, -0.25) is 9.97 Å². The minimum absolute atomic E-state index is 0.0456. The molecule has 0 aliphatic carbocycles. The number of nitrogens with zero attached hydrogens (tertiary/aromatic N) is 3. The van der Waals surface area contributed by atoms with Gasteiger partial charge in [0, 0.05) is 23.6 Å². The monoisotopic (exact) mass is 366 g/mol. The molecule has 4 heteroatoms. The zero-order valence-corrected chi connectivity index (χ0v) is 15.7. The predicted molar refractivity (Wildman–Crippen MR) is 115 cm³/mol. The van der Waals surface area contributed by atoms with Crippen molar-refractivity contribution in [1.29, 1.82) is 0 Å². The molecular formula is C24H22N4. The number of anilines is 3. The molecule has 0 aliphatic heterocycles. The van der Waals surface area contributed by atoms with Gasteiger partial charge in [-0.15, -0.1) is 0 Å². The first-order valence-electron chi connectivity index (χ1n) is 9.29. The van der Waals surface area contributed by atoms with E-state index in [4.69, 9.17) is 5.73 Å². The molecule has 0 bridgehead atoms. The highest BCUT2D eigenvalue weighted by Gasteiger charge is 2.22. The van der Waals surface area contributed by atoms with Gasteiger partial charge in [0.1, 0.15) is 0 Å². The van der Waals surface area contributed by atoms with Gasteiger partial charge in [0.15, 0.2) is 0 Å². The first-order valence-corrected chi connectivity index (χ1v) is 9.29. The highest BCUT2D eigenvalue weighted by molar-refractivity contribution is 5.79. The Bertz CT molecular complexity index is 1010. The summed E-state index contributed by atoms with van der Waals surface area (Å²) in [7, 11) is 0. The fourth-order valence-electron chi connectivity index (χ4n) is 3.58. The second kappa shape index (κ2) is 7.92. The molecule has 1 atom stereocenters. The van der Waals surface area contributed by atoms with Crippen molar-refractivity contribution in [3.63, 3.8) is 0 Å². The van der Waals surface area contributed by atoms with Gasteiger partial charge in [0.2, 0.25) is 0 Å². The molecular weight excluding hydrogens is 344 g/mol. The van der Waals surface area contributed by atoms with Crippen LogP contribution in [0, 0.1) is 0 Å². The van der Waals surface area contributed by atoms with E-state index in [0.29, 0.717) is 0 Å². The van der Waals surface area contributed by atoms with Crippen LogP contribution in [0.4, 0.5) is 17.1 Å². The van der Waals surface area contributed by atoms with Crippen molar-refractivity contribution in [2.75, 3.05) is 10.6 Å². The Morgan fingerprint density at radius 3 is 1.86 bits per heavy atom. The SMILES string of the molecule is CC(c1ccccc1-c1ccccc1N)N(c1cccnc1)c1cccnc1. The predicted octanol–water partition coefficient (Wildman–Crippen LogP) is 5.63. The van der Waals surface area contributed by atoms with E-state index < -0.39 is 0 Å². The molecule has 0 saturated heterocycles. The summed E-state index contributed by atoms with van der Waals surface area (Å²) < 4.78 is 0. The van der Waals surface area contributed by atoms with E-state index in [0.717, 1.165) is 28.2 Å². The number of nitrogens with two attached hydrogens (primary N) is 1. The van der Waals surface area contributed by atoms with Crippen LogP contribution >= 0.6 is 0 Å². The van der Waals surface area contributed by atoms with Crippen LogP contribution in [0.2, 0.25) is 0 Å². The Morgan fingerprint density at radius 1 is 0.714 bits per heavy atom. The van der Waals surface area contributed by atoms with Crippen LogP contribution in [-0.4, -0.2) is 9.97 Å². The third-order valence-corrected chi connectivity index (χ3v) is 4.90. The standard InChI is InChI=1S/C24H22N4/c1-18(21-10-2-3-11-22(21)23-12-4-5-13-24(23)25)28(19-8-6-14-26-16-19)20-9-7-15-27-17-20/h2-18H,25H2,1H3. The molecule has 0 amide bonds. The quantitative estimate of drug-likeness (QED) is 0.465. The molecule has 0 fully saturated rings. The smallest absolute Gasteiger partial charge is 0.0603 e. The molecule has 2 heterocycles. The van der Waals surface area contributed by atoms with E-state index in [2.05, 4.69) is 64.3 Å². The van der Waals surface area contributed by atoms with Crippen molar-refractivity contribution in [3.05, 3.63) is 103 Å². The molecule has 4 aromatic rings. The second-order valence-corrected chi connectivity index (χ2v) is 6.64. The summed E-state index contributed by atoms with van der Waals surface area (Å²) >= 11 is 0. The van der Waals surface area contributed by atoms with Crippen molar-refractivity contribution in [2.45, 2.75) is 13.0 Å². The molecule has 4 nitrogen and oxygen atoms in total. The van der Waals surface area contributed by atoms with Crippen LogP contribution in [0.5, 0.6) is 0 Å². The molecule has 2 N–H and O–H groups in total. The first-order chi connectivity index (χ1) is 13.8. The maximum Gasteiger partial charge on any atom is 0.0603 e. The molecule has 0 spiro atoms. The molecule has 0 aliphatic rings. The van der Waals surface area contributed by atoms with E-state index >= 15 is 0 Å². The average Bonchev–Trinajstić information content (AvgIpc) is 2.76. The molecule has 0 radical (unpaired) electrons. The number of nitrogen functional groups attached to an aromatic ring is 1. The molecule has 0 saturated carbocycles. The van der Waals surface area contributed by atoms with E-state index in [1.165, 1.54) is 5.56 Å². The summed E-state index contributed by atoms with van der Waals surface area (Å²) in [6.07, 6.45) is 7.33. The van der Waals surface area contributed by atoms with Gasteiger partial charge in [0.25, 0.3) is 0 Å². The Morgan fingerprint density at radius 2 is 1.29 bits per heavy atom. The third-order valence-electron chi connectivity index (χ3n) is 4.90. The second-order valence-electron chi connectivity index (χ2n) is 6.64. The summed E-state index contributed by atoms with van der Waals surface area (Å²) in [6, 6.07) is 24.5. The van der Waals surface area contributed by atoms with Gasteiger partial charge in [-0.1, -0.05) is 42.5 Å². The van der Waals surface area contributed by atoms with E-state index in [-0.39, 0.29) is 6.04 Å². The largest absolute Gasteiger partial charge is 0.398 e. The number of hydrogen-bond donors (Lipinski definition) is 1. The summed E-state index contributed by atoms with van der Waals surface area (Å²) in [5, 5.41) is 0. The lowest BCUT2D eigenvalue weighted by atomic mass is 9.93. The van der Waals surface area contributed by atoms with Crippen LogP contribution in [-0.2, 0) is 0 Å². The topological polar surface area (TPSA) is 55.0 Å². The van der Waals surface area contributed by atoms with Crippen LogP contribution < -0.4 is 10.6 Å². The minimum atomic E-state index is 0.0456. The van der Waals surface area contributed by atoms with E-state index in [1.807, 2.05) is 42.7 Å². The molecule has 2 aromatic carbocycles. The number of hydrogen-bond acceptors (Lipinski definition) is 4. The number of aromatic nitrogens is 2. The summed E-state index contributed by atoms with van der Waals surface area (Å²) in [5.41, 5.74) is 12.4. The van der Waals surface area contributed by atoms with Gasteiger partial charge in [-0.05, 0) is 48.4 Å². The van der Waals surface area contributed by atoms with E-state index in [1.54, 1.807) is 12.4 Å². The fourth-order valence-corrected chi connectivity index (χ4v) is 3.58. The molecule has 2 aromatic heterocycles. The Hall–Kier alpha value is -3.66. The molecule has 4 rings (SSSR count). The maximum absolute atomic E-state index is 6.29. The lowest BCUT2D eigenvalue weighted by molar-refractivity contribution is 0.772. The number of rotatable bonds is 5. The van der Waals surface area contributed by atoms with Gasteiger partial charge in [-0.2, -0.15) is 0 Å². The zero-order chi connectivity index (χ0) is 19.3. The van der Waals surface area contributed by atoms with Crippen molar-refractivity contribution in [2.24, 2.45) is 0 Å².